The third kappa shape index (κ3) is 4.41. The molecule has 0 radical (unpaired) electrons. The number of esters is 1. The van der Waals surface area contributed by atoms with Gasteiger partial charge in [0.2, 0.25) is 5.91 Å². The van der Waals surface area contributed by atoms with Crippen LogP contribution in [0.25, 0.3) is 5.57 Å². The van der Waals surface area contributed by atoms with Crippen LogP contribution in [0.3, 0.4) is 0 Å². The van der Waals surface area contributed by atoms with E-state index in [0.29, 0.717) is 12.2 Å². The van der Waals surface area contributed by atoms with E-state index in [1.165, 1.54) is 0 Å². The first-order valence-electron chi connectivity index (χ1n) is 5.74. The van der Waals surface area contributed by atoms with Gasteiger partial charge in [0.05, 0.1) is 12.2 Å². The topological polar surface area (TPSA) is 69.4 Å². The van der Waals surface area contributed by atoms with Crippen LogP contribution < -0.4 is 5.73 Å². The zero-order valence-electron chi connectivity index (χ0n) is 10.6. The van der Waals surface area contributed by atoms with Crippen molar-refractivity contribution in [3.05, 3.63) is 42.0 Å². The fourth-order valence-corrected chi connectivity index (χ4v) is 1.34. The minimum absolute atomic E-state index is 0.184. The Morgan fingerprint density at radius 1 is 1.28 bits per heavy atom. The predicted octanol–water partition coefficient (Wildman–Crippen LogP) is 1.75. The molecule has 0 aromatic heterocycles. The fraction of sp³-hybridized carbons (Fsp3) is 0.286. The van der Waals surface area contributed by atoms with E-state index in [9.17, 15) is 9.59 Å². The second kappa shape index (κ2) is 6.59. The molecule has 1 aromatic carbocycles. The lowest BCUT2D eigenvalue weighted by Gasteiger charge is -2.09. The van der Waals surface area contributed by atoms with Crippen molar-refractivity contribution in [3.63, 3.8) is 0 Å². The van der Waals surface area contributed by atoms with Gasteiger partial charge in [-0.05, 0) is 11.5 Å². The monoisotopic (exact) mass is 247 g/mol. The summed E-state index contributed by atoms with van der Waals surface area (Å²) in [6.07, 6.45) is 1.10. The minimum Gasteiger partial charge on any atom is -0.462 e. The molecule has 0 aliphatic rings. The molecule has 96 valence electrons. The van der Waals surface area contributed by atoms with Crippen molar-refractivity contribution in [2.45, 2.75) is 13.8 Å². The summed E-state index contributed by atoms with van der Waals surface area (Å²) in [6.45, 7) is 4.18. The summed E-state index contributed by atoms with van der Waals surface area (Å²) in [5.74, 6) is -0.969. The number of carbonyl (C=O) groups is 2. The highest BCUT2D eigenvalue weighted by molar-refractivity contribution is 6.20. The largest absolute Gasteiger partial charge is 0.462 e. The molecule has 2 N–H and O–H groups in total. The van der Waals surface area contributed by atoms with Crippen molar-refractivity contribution in [1.29, 1.82) is 0 Å². The molecule has 1 amide bonds. The van der Waals surface area contributed by atoms with Crippen LogP contribution in [0, 0.1) is 5.92 Å². The van der Waals surface area contributed by atoms with Crippen LogP contribution in [-0.4, -0.2) is 18.5 Å². The number of benzene rings is 1. The zero-order chi connectivity index (χ0) is 13.5. The third-order valence-corrected chi connectivity index (χ3v) is 2.14. The first kappa shape index (κ1) is 14.0. The van der Waals surface area contributed by atoms with E-state index in [4.69, 9.17) is 10.5 Å². The molecule has 18 heavy (non-hydrogen) atoms. The number of ether oxygens (including phenoxy) is 1. The second-order valence-electron chi connectivity index (χ2n) is 4.32. The average Bonchev–Trinajstić information content (AvgIpc) is 2.34. The van der Waals surface area contributed by atoms with E-state index in [2.05, 4.69) is 0 Å². The van der Waals surface area contributed by atoms with Crippen molar-refractivity contribution < 1.29 is 14.3 Å². The molecule has 0 saturated carbocycles. The molecule has 0 fully saturated rings. The predicted molar refractivity (Wildman–Crippen MR) is 69.4 cm³/mol. The molecule has 0 atom stereocenters. The highest BCUT2D eigenvalue weighted by atomic mass is 16.5. The van der Waals surface area contributed by atoms with Gasteiger partial charge in [0.1, 0.15) is 0 Å². The SMILES string of the molecule is CC(C)COC(=O)/C(=C\C(N)=O)c1ccccc1. The first-order valence-corrected chi connectivity index (χ1v) is 5.74. The second-order valence-corrected chi connectivity index (χ2v) is 4.32. The van der Waals surface area contributed by atoms with Gasteiger partial charge in [0, 0.05) is 6.08 Å². The highest BCUT2D eigenvalue weighted by Crippen LogP contribution is 2.16. The van der Waals surface area contributed by atoms with Gasteiger partial charge in [-0.1, -0.05) is 44.2 Å². The first-order chi connectivity index (χ1) is 8.50. The Morgan fingerprint density at radius 2 is 1.89 bits per heavy atom. The lowest BCUT2D eigenvalue weighted by Crippen LogP contribution is -2.15. The van der Waals surface area contributed by atoms with Gasteiger partial charge >= 0.3 is 5.97 Å². The van der Waals surface area contributed by atoms with Gasteiger partial charge in [-0.3, -0.25) is 4.79 Å². The number of rotatable bonds is 5. The Kier molecular flexibility index (Phi) is 5.11. The molecular formula is C14H17NO3. The summed E-state index contributed by atoms with van der Waals surface area (Å²) in [5, 5.41) is 0. The minimum atomic E-state index is -0.671. The van der Waals surface area contributed by atoms with E-state index in [0.717, 1.165) is 6.08 Å². The summed E-state index contributed by atoms with van der Waals surface area (Å²) in [7, 11) is 0. The molecule has 0 unspecified atom stereocenters. The smallest absolute Gasteiger partial charge is 0.338 e. The molecule has 0 spiro atoms. The van der Waals surface area contributed by atoms with Crippen molar-refractivity contribution in [2.75, 3.05) is 6.61 Å². The standard InChI is InChI=1S/C14H17NO3/c1-10(2)9-18-14(17)12(8-13(15)16)11-6-4-3-5-7-11/h3-8,10H,9H2,1-2H3,(H2,15,16)/b12-8-. The van der Waals surface area contributed by atoms with E-state index in [1.54, 1.807) is 24.3 Å². The van der Waals surface area contributed by atoms with E-state index >= 15 is 0 Å². The van der Waals surface area contributed by atoms with E-state index in [1.807, 2.05) is 19.9 Å². The number of primary amides is 1. The molecule has 1 aromatic rings. The molecule has 0 saturated heterocycles. The van der Waals surface area contributed by atoms with E-state index < -0.39 is 11.9 Å². The van der Waals surface area contributed by atoms with Gasteiger partial charge in [-0.25, -0.2) is 4.79 Å². The van der Waals surface area contributed by atoms with Crippen LogP contribution in [0.15, 0.2) is 36.4 Å². The van der Waals surface area contributed by atoms with E-state index in [-0.39, 0.29) is 11.5 Å². The van der Waals surface area contributed by atoms with Gasteiger partial charge in [-0.2, -0.15) is 0 Å². The summed E-state index contributed by atoms with van der Waals surface area (Å²) in [6, 6.07) is 8.83. The van der Waals surface area contributed by atoms with Crippen molar-refractivity contribution >= 4 is 17.4 Å². The number of amides is 1. The molecule has 4 nitrogen and oxygen atoms in total. The lowest BCUT2D eigenvalue weighted by molar-refractivity contribution is -0.137. The van der Waals surface area contributed by atoms with Crippen LogP contribution in [0.5, 0.6) is 0 Å². The number of hydrogen-bond acceptors (Lipinski definition) is 3. The maximum absolute atomic E-state index is 11.9. The quantitative estimate of drug-likeness (QED) is 0.636. The van der Waals surface area contributed by atoms with Gasteiger partial charge in [0.15, 0.2) is 0 Å². The Balaban J connectivity index is 2.94. The van der Waals surface area contributed by atoms with Crippen molar-refractivity contribution in [2.24, 2.45) is 11.7 Å². The molecule has 4 heteroatoms. The molecular weight excluding hydrogens is 230 g/mol. The summed E-state index contributed by atoms with van der Waals surface area (Å²) >= 11 is 0. The van der Waals surface area contributed by atoms with Gasteiger partial charge in [0.25, 0.3) is 0 Å². The molecule has 0 aliphatic carbocycles. The zero-order valence-corrected chi connectivity index (χ0v) is 10.6. The molecule has 0 aliphatic heterocycles. The van der Waals surface area contributed by atoms with Crippen LogP contribution in [-0.2, 0) is 14.3 Å². The van der Waals surface area contributed by atoms with Crippen LogP contribution in [0.2, 0.25) is 0 Å². The maximum Gasteiger partial charge on any atom is 0.338 e. The van der Waals surface area contributed by atoms with Crippen LogP contribution in [0.1, 0.15) is 19.4 Å². The Morgan fingerprint density at radius 3 is 2.39 bits per heavy atom. The number of nitrogens with two attached hydrogens (primary N) is 1. The van der Waals surface area contributed by atoms with Crippen LogP contribution >= 0.6 is 0 Å². The lowest BCUT2D eigenvalue weighted by atomic mass is 10.1. The molecule has 1 rings (SSSR count). The van der Waals surface area contributed by atoms with Gasteiger partial charge in [-0.15, -0.1) is 0 Å². The van der Waals surface area contributed by atoms with Crippen molar-refractivity contribution in [1.82, 2.24) is 0 Å². The fourth-order valence-electron chi connectivity index (χ4n) is 1.34. The number of carbonyl (C=O) groups excluding carboxylic acids is 2. The summed E-state index contributed by atoms with van der Waals surface area (Å²) in [5.41, 5.74) is 5.90. The number of hydrogen-bond donors (Lipinski definition) is 1. The highest BCUT2D eigenvalue weighted by Gasteiger charge is 2.14. The Bertz CT molecular complexity index is 449. The van der Waals surface area contributed by atoms with Crippen LogP contribution in [0.4, 0.5) is 0 Å². The molecule has 0 heterocycles. The Hall–Kier alpha value is -2.10. The van der Waals surface area contributed by atoms with Crippen molar-refractivity contribution in [3.8, 4) is 0 Å². The van der Waals surface area contributed by atoms with Gasteiger partial charge < -0.3 is 10.5 Å². The Labute approximate surface area is 106 Å². The molecule has 0 bridgehead atoms. The maximum atomic E-state index is 11.9. The normalized spacial score (nSPS) is 11.4. The average molecular weight is 247 g/mol. The third-order valence-electron chi connectivity index (χ3n) is 2.14. The summed E-state index contributed by atoms with van der Waals surface area (Å²) < 4.78 is 5.11. The summed E-state index contributed by atoms with van der Waals surface area (Å²) in [4.78, 5) is 22.8.